The summed E-state index contributed by atoms with van der Waals surface area (Å²) in [7, 11) is 0. The molecule has 0 aliphatic rings. The normalized spacial score (nSPS) is 11.4. The summed E-state index contributed by atoms with van der Waals surface area (Å²) in [5.41, 5.74) is 4.45. The number of fused-ring (bicyclic) bond motifs is 2. The second-order valence-electron chi connectivity index (χ2n) is 6.79. The molecule has 0 aliphatic heterocycles. The summed E-state index contributed by atoms with van der Waals surface area (Å²) in [6, 6.07) is 19.7. The number of carbonyl (C=O) groups is 1. The maximum absolute atomic E-state index is 12.8. The highest BCUT2D eigenvalue weighted by Crippen LogP contribution is 2.23. The quantitative estimate of drug-likeness (QED) is 0.381. The molecule has 0 unspecified atom stereocenters. The summed E-state index contributed by atoms with van der Waals surface area (Å²) in [5, 5.41) is 2.81. The van der Waals surface area contributed by atoms with Crippen molar-refractivity contribution in [2.75, 3.05) is 5.32 Å². The van der Waals surface area contributed by atoms with Gasteiger partial charge in [0.15, 0.2) is 5.82 Å². The molecule has 0 bridgehead atoms. The third kappa shape index (κ3) is 3.28. The Morgan fingerprint density at radius 1 is 0.867 bits per heavy atom. The highest BCUT2D eigenvalue weighted by molar-refractivity contribution is 6.06. The van der Waals surface area contributed by atoms with E-state index in [1.807, 2.05) is 36.4 Å². The minimum absolute atomic E-state index is 0.341. The van der Waals surface area contributed by atoms with E-state index in [0.29, 0.717) is 22.3 Å². The molecular formula is C22H15F2N5O. The lowest BCUT2D eigenvalue weighted by molar-refractivity contribution is 0.102. The Labute approximate surface area is 169 Å². The maximum atomic E-state index is 12.8. The Hall–Kier alpha value is -4.07. The van der Waals surface area contributed by atoms with Crippen molar-refractivity contribution in [1.29, 1.82) is 0 Å². The second kappa shape index (κ2) is 7.07. The van der Waals surface area contributed by atoms with Crippen LogP contribution in [0.5, 0.6) is 0 Å². The summed E-state index contributed by atoms with van der Waals surface area (Å²) >= 11 is 0. The van der Waals surface area contributed by atoms with E-state index in [1.165, 1.54) is 12.1 Å². The molecule has 5 aromatic rings. The van der Waals surface area contributed by atoms with Gasteiger partial charge in [-0.3, -0.25) is 4.79 Å². The van der Waals surface area contributed by atoms with Crippen LogP contribution in [0.4, 0.5) is 14.5 Å². The molecular weight excluding hydrogens is 388 g/mol. The number of amides is 1. The van der Waals surface area contributed by atoms with Gasteiger partial charge in [-0.05, 0) is 54.6 Å². The first kappa shape index (κ1) is 18.0. The van der Waals surface area contributed by atoms with Crippen molar-refractivity contribution in [2.24, 2.45) is 0 Å². The lowest BCUT2D eigenvalue weighted by Crippen LogP contribution is -2.11. The van der Waals surface area contributed by atoms with E-state index in [2.05, 4.69) is 25.3 Å². The van der Waals surface area contributed by atoms with Crippen LogP contribution in [0.15, 0.2) is 66.7 Å². The van der Waals surface area contributed by atoms with Gasteiger partial charge in [-0.25, -0.2) is 18.7 Å². The molecule has 0 radical (unpaired) electrons. The van der Waals surface area contributed by atoms with Crippen LogP contribution < -0.4 is 5.32 Å². The molecule has 3 N–H and O–H groups in total. The standard InChI is InChI=1S/C22H15F2N5O/c23-19(24)21-28-17-10-7-13(11-18(17)29-21)22(30)25-14-8-5-12(6-9-14)20-26-15-3-1-2-4-16(15)27-20/h1-11,19H,(H,25,30)(H,26,27)(H,28,29). The Morgan fingerprint density at radius 2 is 1.63 bits per heavy atom. The average Bonchev–Trinajstić information content (AvgIpc) is 3.38. The van der Waals surface area contributed by atoms with E-state index >= 15 is 0 Å². The van der Waals surface area contributed by atoms with E-state index < -0.39 is 12.2 Å². The Bertz CT molecular complexity index is 1340. The van der Waals surface area contributed by atoms with Crippen LogP contribution in [0.25, 0.3) is 33.5 Å². The van der Waals surface area contributed by atoms with E-state index in [4.69, 9.17) is 0 Å². The topological polar surface area (TPSA) is 86.5 Å². The number of nitrogens with zero attached hydrogens (tertiary/aromatic N) is 2. The SMILES string of the molecule is O=C(Nc1ccc(-c2nc3ccccc3[nH]2)cc1)c1ccc2nc(C(F)F)[nH]c2c1. The molecule has 0 saturated heterocycles. The van der Waals surface area contributed by atoms with Gasteiger partial charge in [-0.1, -0.05) is 12.1 Å². The lowest BCUT2D eigenvalue weighted by Gasteiger charge is -2.06. The summed E-state index contributed by atoms with van der Waals surface area (Å²) in [6.07, 6.45) is -2.69. The molecule has 0 fully saturated rings. The molecule has 6 nitrogen and oxygen atoms in total. The monoisotopic (exact) mass is 403 g/mol. The van der Waals surface area contributed by atoms with Crippen molar-refractivity contribution in [3.8, 4) is 11.4 Å². The number of benzene rings is 3. The van der Waals surface area contributed by atoms with E-state index in [1.54, 1.807) is 18.2 Å². The third-order valence-electron chi connectivity index (χ3n) is 4.77. The van der Waals surface area contributed by atoms with Gasteiger partial charge < -0.3 is 15.3 Å². The van der Waals surface area contributed by atoms with Crippen molar-refractivity contribution in [3.63, 3.8) is 0 Å². The highest BCUT2D eigenvalue weighted by Gasteiger charge is 2.14. The smallest absolute Gasteiger partial charge is 0.295 e. The summed E-state index contributed by atoms with van der Waals surface area (Å²) in [6.45, 7) is 0. The van der Waals surface area contributed by atoms with Crippen molar-refractivity contribution >= 4 is 33.7 Å². The number of aromatic nitrogens is 4. The number of aromatic amines is 2. The van der Waals surface area contributed by atoms with Crippen LogP contribution in [0.2, 0.25) is 0 Å². The molecule has 148 valence electrons. The minimum Gasteiger partial charge on any atom is -0.338 e. The van der Waals surface area contributed by atoms with Gasteiger partial charge in [0.2, 0.25) is 0 Å². The molecule has 2 heterocycles. The summed E-state index contributed by atoms with van der Waals surface area (Å²) < 4.78 is 25.6. The number of imidazole rings is 2. The zero-order chi connectivity index (χ0) is 20.7. The van der Waals surface area contributed by atoms with Crippen LogP contribution in [0.1, 0.15) is 22.6 Å². The van der Waals surface area contributed by atoms with Crippen LogP contribution in [0, 0.1) is 0 Å². The molecule has 30 heavy (non-hydrogen) atoms. The number of hydrogen-bond acceptors (Lipinski definition) is 3. The van der Waals surface area contributed by atoms with Crippen LogP contribution in [-0.2, 0) is 0 Å². The number of hydrogen-bond donors (Lipinski definition) is 3. The highest BCUT2D eigenvalue weighted by atomic mass is 19.3. The second-order valence-corrected chi connectivity index (χ2v) is 6.79. The van der Waals surface area contributed by atoms with Gasteiger partial charge in [0.05, 0.1) is 22.1 Å². The molecule has 8 heteroatoms. The number of para-hydroxylation sites is 2. The van der Waals surface area contributed by atoms with Gasteiger partial charge >= 0.3 is 0 Å². The summed E-state index contributed by atoms with van der Waals surface area (Å²) in [5.74, 6) is -0.0149. The molecule has 0 spiro atoms. The zero-order valence-corrected chi connectivity index (χ0v) is 15.5. The van der Waals surface area contributed by atoms with E-state index in [9.17, 15) is 13.6 Å². The van der Waals surface area contributed by atoms with Crippen molar-refractivity contribution < 1.29 is 13.6 Å². The first-order valence-corrected chi connectivity index (χ1v) is 9.21. The van der Waals surface area contributed by atoms with E-state index in [0.717, 1.165) is 22.4 Å². The predicted octanol–water partition coefficient (Wildman–Crippen LogP) is 5.30. The third-order valence-corrected chi connectivity index (χ3v) is 4.77. The van der Waals surface area contributed by atoms with Crippen molar-refractivity contribution in [3.05, 3.63) is 78.1 Å². The van der Waals surface area contributed by atoms with Gasteiger partial charge in [0.25, 0.3) is 12.3 Å². The van der Waals surface area contributed by atoms with Crippen molar-refractivity contribution in [1.82, 2.24) is 19.9 Å². The maximum Gasteiger partial charge on any atom is 0.295 e. The molecule has 0 aliphatic carbocycles. The zero-order valence-electron chi connectivity index (χ0n) is 15.5. The first-order valence-electron chi connectivity index (χ1n) is 9.21. The average molecular weight is 403 g/mol. The Balaban J connectivity index is 1.35. The van der Waals surface area contributed by atoms with Crippen LogP contribution in [-0.4, -0.2) is 25.8 Å². The summed E-state index contributed by atoms with van der Waals surface area (Å²) in [4.78, 5) is 26.7. The fourth-order valence-electron chi connectivity index (χ4n) is 3.28. The predicted molar refractivity (Wildman–Crippen MR) is 111 cm³/mol. The molecule has 5 rings (SSSR count). The number of alkyl halides is 2. The van der Waals surface area contributed by atoms with Crippen LogP contribution in [0.3, 0.4) is 0 Å². The Morgan fingerprint density at radius 3 is 2.40 bits per heavy atom. The largest absolute Gasteiger partial charge is 0.338 e. The lowest BCUT2D eigenvalue weighted by atomic mass is 10.1. The van der Waals surface area contributed by atoms with Crippen LogP contribution >= 0.6 is 0 Å². The number of H-pyrrole nitrogens is 2. The molecule has 2 aromatic heterocycles. The van der Waals surface area contributed by atoms with Gasteiger partial charge in [-0.15, -0.1) is 0 Å². The minimum atomic E-state index is -2.69. The number of carbonyl (C=O) groups excluding carboxylic acids is 1. The van der Waals surface area contributed by atoms with Gasteiger partial charge in [0.1, 0.15) is 5.82 Å². The molecule has 0 saturated carbocycles. The van der Waals surface area contributed by atoms with Crippen molar-refractivity contribution in [2.45, 2.75) is 6.43 Å². The number of halogens is 2. The fraction of sp³-hybridized carbons (Fsp3) is 0.0455. The molecule has 3 aromatic carbocycles. The van der Waals surface area contributed by atoms with Gasteiger partial charge in [-0.2, -0.15) is 0 Å². The van der Waals surface area contributed by atoms with Gasteiger partial charge in [0, 0.05) is 16.8 Å². The van der Waals surface area contributed by atoms with E-state index in [-0.39, 0.29) is 5.91 Å². The number of anilines is 1. The Kier molecular flexibility index (Phi) is 4.24. The first-order chi connectivity index (χ1) is 14.6. The molecule has 0 atom stereocenters. The molecule has 1 amide bonds. The number of rotatable bonds is 4. The fourth-order valence-corrected chi connectivity index (χ4v) is 3.28. The number of nitrogens with one attached hydrogen (secondary N) is 3.